The molecule has 0 radical (unpaired) electrons. The zero-order valence-electron chi connectivity index (χ0n) is 84.5. The van der Waals surface area contributed by atoms with Crippen molar-refractivity contribution in [1.29, 1.82) is 0 Å². The molecule has 1 amide bonds. The van der Waals surface area contributed by atoms with Gasteiger partial charge < -0.3 is 39.1 Å². The summed E-state index contributed by atoms with van der Waals surface area (Å²) in [5.74, 6) is 0.418. The molecule has 0 aromatic carbocycles. The molecule has 9 rings (SSSR count). The molecule has 0 spiro atoms. The van der Waals surface area contributed by atoms with Gasteiger partial charge in [-0.1, -0.05) is 32.1 Å². The third-order valence-corrected chi connectivity index (χ3v) is 24.7. The van der Waals surface area contributed by atoms with E-state index < -0.39 is 5.60 Å². The lowest BCUT2D eigenvalue weighted by Crippen LogP contribution is -2.59. The second kappa shape index (κ2) is 54.2. The standard InChI is InChI=1S/C14H28N2O2.C12H24N2O2.C12H26N2O.C11H24N2O.C11H23N.C10H22N2.C10H21N.C9H19NO.C7H15N/c1-11-10-15(12(17)18-14(5,6)7)8-9-16(11)13(2,3)4;1-5-16-11(15)10-13-6-8-14(9-7-13)12(2,3)4;1-5-15-11-10-13-6-8-14(9-7-13)12(2,3)4;1-11(2,3)13-8-6-12(7-9-13)5-4-10-14;1-11(2,3)12-9-7-5-4-6-8-10-12;1-9-8-12(10(2,3)4)7-6-11(9)5;1-10(2,3)11-8-6-4-5-7-9-11;1-9(2,3)10-5-4-8(6-10)7-11;1-7(2,3)8-5-4-6-8/h11H,8-10H2,1-7H3;5-10H2,1-4H3;5-11H2,1-4H3;14H,4-10H2,1-3H3;4-10H2,1-3H3;9H,6-8H2,1-5H3;4-9H2,1-3H3;8,11H,4-7H2,1-3H3;4-6H2,1-3H3/t11-;;;;;;;;/m0......../s1. The molecular formula is C96H202N14O7. The van der Waals surface area contributed by atoms with E-state index in [9.17, 15) is 9.59 Å². The van der Waals surface area contributed by atoms with Gasteiger partial charge in [-0.3, -0.25) is 58.7 Å². The molecule has 9 heterocycles. The molecule has 0 bridgehead atoms. The Balaban J connectivity index is 0.000000663. The van der Waals surface area contributed by atoms with Gasteiger partial charge in [0.05, 0.1) is 19.8 Å². The fourth-order valence-corrected chi connectivity index (χ4v) is 16.2. The minimum absolute atomic E-state index is 0.105. The zero-order chi connectivity index (χ0) is 89.6. The third kappa shape index (κ3) is 50.1. The summed E-state index contributed by atoms with van der Waals surface area (Å²) in [7, 11) is 2.21. The van der Waals surface area contributed by atoms with Crippen molar-refractivity contribution in [2.75, 3.05) is 230 Å². The molecule has 698 valence electrons. The lowest BCUT2D eigenvalue weighted by Gasteiger charge is -2.46. The number of nitrogens with zero attached hydrogens (tertiary/aromatic N) is 14. The van der Waals surface area contributed by atoms with Crippen molar-refractivity contribution in [2.45, 2.75) is 380 Å². The van der Waals surface area contributed by atoms with E-state index in [1.807, 2.05) is 32.6 Å². The number of hydrogen-bond donors (Lipinski definition) is 2. The molecular weight excluding hydrogens is 1460 g/mol. The third-order valence-electron chi connectivity index (χ3n) is 24.7. The fraction of sp³-hybridized carbons (Fsp3) is 0.979. The van der Waals surface area contributed by atoms with Crippen molar-refractivity contribution >= 4 is 12.1 Å². The average molecular weight is 1660 g/mol. The first-order chi connectivity index (χ1) is 53.8. The summed E-state index contributed by atoms with van der Waals surface area (Å²) in [5, 5.41) is 17.7. The second-order valence-corrected chi connectivity index (χ2v) is 45.1. The van der Waals surface area contributed by atoms with Gasteiger partial charge in [0.1, 0.15) is 5.60 Å². The van der Waals surface area contributed by atoms with Gasteiger partial charge >= 0.3 is 12.1 Å². The quantitative estimate of drug-likeness (QED) is 0.149. The van der Waals surface area contributed by atoms with Crippen LogP contribution in [0.5, 0.6) is 0 Å². The lowest BCUT2D eigenvalue weighted by molar-refractivity contribution is -0.145. The number of ether oxygens (including phenoxy) is 3. The minimum Gasteiger partial charge on any atom is -0.465 e. The molecule has 0 aliphatic carbocycles. The summed E-state index contributed by atoms with van der Waals surface area (Å²) < 4.78 is 15.7. The fourth-order valence-electron chi connectivity index (χ4n) is 16.2. The predicted octanol–water partition coefficient (Wildman–Crippen LogP) is 15.6. The molecule has 0 aromatic rings. The number of rotatable bonds is 11. The predicted molar refractivity (Wildman–Crippen MR) is 502 cm³/mol. The summed E-state index contributed by atoms with van der Waals surface area (Å²) in [6.45, 7) is 110. The Hall–Kier alpha value is -1.90. The first-order valence-electron chi connectivity index (χ1n) is 47.4. The van der Waals surface area contributed by atoms with Crippen molar-refractivity contribution in [2.24, 2.45) is 5.92 Å². The number of aliphatic hydroxyl groups excluding tert-OH is 2. The van der Waals surface area contributed by atoms with Gasteiger partial charge in [0.2, 0.25) is 0 Å². The largest absolute Gasteiger partial charge is 0.465 e. The Bertz CT molecular complexity index is 2490. The molecule has 21 nitrogen and oxygen atoms in total. The summed E-state index contributed by atoms with van der Waals surface area (Å²) >= 11 is 0. The lowest BCUT2D eigenvalue weighted by atomic mass is 10.0. The monoisotopic (exact) mass is 1660 g/mol. The molecule has 2 N–H and O–H groups in total. The molecule has 0 saturated carbocycles. The highest BCUT2D eigenvalue weighted by atomic mass is 16.6. The highest BCUT2D eigenvalue weighted by molar-refractivity contribution is 5.71. The summed E-state index contributed by atoms with van der Waals surface area (Å²) in [5.41, 5.74) is 2.44. The Labute approximate surface area is 726 Å². The van der Waals surface area contributed by atoms with E-state index in [0.29, 0.717) is 77.6 Å². The van der Waals surface area contributed by atoms with Crippen molar-refractivity contribution in [3.05, 3.63) is 0 Å². The molecule has 9 aliphatic heterocycles. The number of carbonyl (C=O) groups excluding carboxylic acids is 2. The van der Waals surface area contributed by atoms with Crippen LogP contribution in [-0.4, -0.2) is 388 Å². The Morgan fingerprint density at radius 1 is 0.350 bits per heavy atom. The number of amides is 1. The molecule has 9 aliphatic rings. The van der Waals surface area contributed by atoms with Crippen LogP contribution in [0.3, 0.4) is 0 Å². The van der Waals surface area contributed by atoms with Crippen molar-refractivity contribution in [1.82, 2.24) is 68.6 Å². The highest BCUT2D eigenvalue weighted by Gasteiger charge is 2.37. The van der Waals surface area contributed by atoms with Gasteiger partial charge in [-0.15, -0.1) is 0 Å². The molecule has 9 saturated heterocycles. The maximum absolute atomic E-state index is 12.0. The second-order valence-electron chi connectivity index (χ2n) is 45.1. The van der Waals surface area contributed by atoms with E-state index in [1.54, 1.807) is 0 Å². The molecule has 2 unspecified atom stereocenters. The summed E-state index contributed by atoms with van der Waals surface area (Å²) in [4.78, 5) is 57.4. The van der Waals surface area contributed by atoms with E-state index in [2.05, 4.69) is 278 Å². The van der Waals surface area contributed by atoms with Gasteiger partial charge in [0.15, 0.2) is 0 Å². The van der Waals surface area contributed by atoms with Gasteiger partial charge in [0, 0.05) is 219 Å². The van der Waals surface area contributed by atoms with Gasteiger partial charge in [-0.25, -0.2) is 4.79 Å². The number of carbonyl (C=O) groups is 2. The van der Waals surface area contributed by atoms with Crippen molar-refractivity contribution < 1.29 is 34.0 Å². The van der Waals surface area contributed by atoms with Crippen molar-refractivity contribution in [3.63, 3.8) is 0 Å². The van der Waals surface area contributed by atoms with Crippen LogP contribution in [0.25, 0.3) is 0 Å². The van der Waals surface area contributed by atoms with Gasteiger partial charge in [-0.2, -0.15) is 0 Å². The van der Waals surface area contributed by atoms with Crippen LogP contribution in [-0.2, 0) is 19.0 Å². The first kappa shape index (κ1) is 113. The van der Waals surface area contributed by atoms with Crippen LogP contribution in [0, 0.1) is 5.92 Å². The van der Waals surface area contributed by atoms with Crippen LogP contribution < -0.4 is 0 Å². The number of esters is 1. The van der Waals surface area contributed by atoms with Crippen LogP contribution in [0.15, 0.2) is 0 Å². The molecule has 0 aromatic heterocycles. The first-order valence-corrected chi connectivity index (χ1v) is 47.4. The van der Waals surface area contributed by atoms with E-state index in [4.69, 9.17) is 24.4 Å². The normalized spacial score (nSPS) is 23.2. The Morgan fingerprint density at radius 3 is 1.00 bits per heavy atom. The maximum atomic E-state index is 12.0. The average Bonchev–Trinajstić information content (AvgIpc) is 1.60. The SMILES string of the molecule is CC(C)(C)N1CCC(CO)C1.CC(C)(C)N1CCC1.CC(C)(C)N1CCCCCC1.CC(C)(C)N1CCCCCCC1.CC(C)(C)N1CCN(CCCO)CC1.CC1CN(C(C)(C)C)CCN1C.CCOC(=O)CN1CCN(C(C)(C)C)CC1.CCOCCN1CCN(C(C)(C)C)CC1.C[C@H]1CN(C(=O)OC(C)(C)C)CCN1C(C)(C)C. The number of piperazine rings is 5. The van der Waals surface area contributed by atoms with E-state index >= 15 is 0 Å². The zero-order valence-corrected chi connectivity index (χ0v) is 84.5. The Morgan fingerprint density at radius 2 is 0.701 bits per heavy atom. The van der Waals surface area contributed by atoms with E-state index in [-0.39, 0.29) is 28.7 Å². The molecule has 21 heteroatoms. The van der Waals surface area contributed by atoms with Gasteiger partial charge in [0.25, 0.3) is 0 Å². The molecule has 117 heavy (non-hydrogen) atoms. The molecule has 9 fully saturated rings. The van der Waals surface area contributed by atoms with Crippen LogP contribution in [0.4, 0.5) is 4.79 Å². The smallest absolute Gasteiger partial charge is 0.410 e. The summed E-state index contributed by atoms with van der Waals surface area (Å²) in [6, 6.07) is 1.07. The highest BCUT2D eigenvalue weighted by Crippen LogP contribution is 2.28. The van der Waals surface area contributed by atoms with E-state index in [0.717, 1.165) is 124 Å². The van der Waals surface area contributed by atoms with Gasteiger partial charge in [-0.05, 0) is 339 Å². The Kier molecular flexibility index (Phi) is 52.4. The van der Waals surface area contributed by atoms with E-state index in [1.165, 1.54) is 149 Å². The minimum atomic E-state index is -0.415. The van der Waals surface area contributed by atoms with Crippen LogP contribution in [0.2, 0.25) is 0 Å². The number of likely N-dealkylation sites (tertiary alicyclic amines) is 4. The summed E-state index contributed by atoms with van der Waals surface area (Å²) in [6.07, 6.45) is 16.1. The van der Waals surface area contributed by atoms with Crippen LogP contribution >= 0.6 is 0 Å². The number of hydrogen-bond acceptors (Lipinski definition) is 20. The van der Waals surface area contributed by atoms with Crippen LogP contribution in [0.1, 0.15) is 312 Å². The topological polar surface area (TPSA) is 148 Å². The molecule has 3 atom stereocenters. The number of likely N-dealkylation sites (N-methyl/N-ethyl adjacent to an activating group) is 1. The maximum Gasteiger partial charge on any atom is 0.410 e. The van der Waals surface area contributed by atoms with Crippen molar-refractivity contribution in [3.8, 4) is 0 Å². The number of aliphatic hydroxyl groups is 2.